The predicted octanol–water partition coefficient (Wildman–Crippen LogP) is 5.33. The van der Waals surface area contributed by atoms with Gasteiger partial charge in [0.1, 0.15) is 11.6 Å². The van der Waals surface area contributed by atoms with Gasteiger partial charge in [-0.15, -0.1) is 13.2 Å². The summed E-state index contributed by atoms with van der Waals surface area (Å²) in [4.78, 5) is 20.5. The summed E-state index contributed by atoms with van der Waals surface area (Å²) in [5, 5.41) is 3.04. The van der Waals surface area contributed by atoms with Gasteiger partial charge in [0.15, 0.2) is 0 Å². The highest BCUT2D eigenvalue weighted by Gasteiger charge is 2.31. The van der Waals surface area contributed by atoms with Crippen molar-refractivity contribution in [3.63, 3.8) is 0 Å². The van der Waals surface area contributed by atoms with E-state index in [0.29, 0.717) is 35.2 Å². The van der Waals surface area contributed by atoms with Gasteiger partial charge in [-0.25, -0.2) is 4.98 Å². The molecule has 0 aliphatic heterocycles. The lowest BCUT2D eigenvalue weighted by molar-refractivity contribution is -0.274. The summed E-state index contributed by atoms with van der Waals surface area (Å²) in [6.45, 7) is 2.43. The molecule has 1 amide bonds. The lowest BCUT2D eigenvalue weighted by atomic mass is 9.81. The zero-order valence-electron chi connectivity index (χ0n) is 18.6. The fourth-order valence-electron chi connectivity index (χ4n) is 4.55. The highest BCUT2D eigenvalue weighted by atomic mass is 19.4. The smallest absolute Gasteiger partial charge is 0.406 e. The van der Waals surface area contributed by atoms with Crippen LogP contribution in [0.1, 0.15) is 53.5 Å². The quantitative estimate of drug-likeness (QED) is 0.523. The lowest BCUT2D eigenvalue weighted by Gasteiger charge is -2.28. The first kappa shape index (κ1) is 22.9. The lowest BCUT2D eigenvalue weighted by Crippen LogP contribution is -2.31. The van der Waals surface area contributed by atoms with Gasteiger partial charge >= 0.3 is 6.36 Å². The molecule has 1 aliphatic rings. The average molecular weight is 461 g/mol. The number of aryl methyl sites for hydroxylation is 2. The van der Waals surface area contributed by atoms with Gasteiger partial charge in [0.25, 0.3) is 5.91 Å². The van der Waals surface area contributed by atoms with Gasteiger partial charge in [-0.2, -0.15) is 0 Å². The van der Waals surface area contributed by atoms with Gasteiger partial charge in [0.05, 0.1) is 11.3 Å². The zero-order valence-corrected chi connectivity index (χ0v) is 18.6. The number of hydrogen-bond donors (Lipinski definition) is 2. The first-order chi connectivity index (χ1) is 15.7. The molecule has 9 heteroatoms. The molecule has 0 radical (unpaired) electrons. The minimum Gasteiger partial charge on any atom is -0.406 e. The van der Waals surface area contributed by atoms with Crippen LogP contribution in [-0.4, -0.2) is 33.3 Å². The molecule has 3 aromatic rings. The van der Waals surface area contributed by atoms with Crippen LogP contribution in [0.2, 0.25) is 0 Å². The van der Waals surface area contributed by atoms with Crippen molar-refractivity contribution in [1.29, 1.82) is 0 Å². The van der Waals surface area contributed by atoms with Crippen molar-refractivity contribution in [2.45, 2.75) is 44.9 Å². The van der Waals surface area contributed by atoms with E-state index in [1.807, 2.05) is 26.4 Å². The van der Waals surface area contributed by atoms with E-state index in [0.717, 1.165) is 37.2 Å². The molecule has 1 aliphatic carbocycles. The number of benzene rings is 1. The van der Waals surface area contributed by atoms with E-state index < -0.39 is 6.36 Å². The molecule has 0 unspecified atom stereocenters. The number of amides is 1. The van der Waals surface area contributed by atoms with E-state index in [2.05, 4.69) is 24.6 Å². The number of halogens is 3. The Morgan fingerprint density at radius 1 is 1.21 bits per heavy atom. The molecule has 33 heavy (non-hydrogen) atoms. The first-order valence-electron chi connectivity index (χ1n) is 11.0. The molecule has 1 aromatic carbocycles. The molecule has 0 atom stereocenters. The second kappa shape index (κ2) is 9.33. The molecule has 0 bridgehead atoms. The molecule has 176 valence electrons. The summed E-state index contributed by atoms with van der Waals surface area (Å²) in [6.07, 6.45) is 3.20. The maximum atomic E-state index is 12.9. The Labute approximate surface area is 190 Å². The maximum absolute atomic E-state index is 12.9. The van der Waals surface area contributed by atoms with Gasteiger partial charge < -0.3 is 19.6 Å². The number of H-pyrrole nitrogens is 1. The number of aromatic amines is 1. The third kappa shape index (κ3) is 5.58. The number of aromatic nitrogens is 3. The standard InChI is InChI=1S/C24H27F3N4O2/c1-15-13-20(21(30-15)17-7-9-19(10-8-17)33-24(25,26)27)23(32)29-14-16-3-5-18(6-4-16)22-28-11-12-31(22)2/h7-13,16,18,30H,3-6,14H2,1-2H3,(H,29,32). The van der Waals surface area contributed by atoms with Gasteiger partial charge in [0, 0.05) is 37.6 Å². The Bertz CT molecular complexity index is 1090. The monoisotopic (exact) mass is 460 g/mol. The van der Waals surface area contributed by atoms with Crippen LogP contribution in [0, 0.1) is 12.8 Å². The number of ether oxygens (including phenoxy) is 1. The van der Waals surface area contributed by atoms with Crippen LogP contribution < -0.4 is 10.1 Å². The van der Waals surface area contributed by atoms with Crippen LogP contribution in [-0.2, 0) is 7.05 Å². The summed E-state index contributed by atoms with van der Waals surface area (Å²) in [5.41, 5.74) is 2.44. The fourth-order valence-corrected chi connectivity index (χ4v) is 4.55. The Morgan fingerprint density at radius 3 is 2.52 bits per heavy atom. The van der Waals surface area contributed by atoms with Crippen molar-refractivity contribution in [1.82, 2.24) is 19.9 Å². The molecule has 2 N–H and O–H groups in total. The van der Waals surface area contributed by atoms with Crippen LogP contribution in [0.25, 0.3) is 11.3 Å². The van der Waals surface area contributed by atoms with Crippen molar-refractivity contribution in [3.05, 3.63) is 59.8 Å². The van der Waals surface area contributed by atoms with E-state index in [-0.39, 0.29) is 11.7 Å². The Kier molecular flexibility index (Phi) is 6.49. The van der Waals surface area contributed by atoms with Gasteiger partial charge in [-0.05, 0) is 74.4 Å². The normalized spacial score (nSPS) is 18.8. The van der Waals surface area contributed by atoms with Crippen LogP contribution in [0.4, 0.5) is 13.2 Å². The van der Waals surface area contributed by atoms with Crippen LogP contribution in [0.5, 0.6) is 5.75 Å². The third-order valence-electron chi connectivity index (χ3n) is 6.20. The van der Waals surface area contributed by atoms with Crippen molar-refractivity contribution in [2.75, 3.05) is 6.54 Å². The van der Waals surface area contributed by atoms with Crippen molar-refractivity contribution >= 4 is 5.91 Å². The Hall–Kier alpha value is -3.23. The molecular formula is C24H27F3N4O2. The summed E-state index contributed by atoms with van der Waals surface area (Å²) in [7, 11) is 2.02. The predicted molar refractivity (Wildman–Crippen MR) is 118 cm³/mol. The molecule has 2 heterocycles. The summed E-state index contributed by atoms with van der Waals surface area (Å²) >= 11 is 0. The van der Waals surface area contributed by atoms with Crippen molar-refractivity contribution < 1.29 is 22.7 Å². The second-order valence-electron chi connectivity index (χ2n) is 8.64. The molecule has 1 saturated carbocycles. The number of hydrogen-bond acceptors (Lipinski definition) is 3. The number of carbonyl (C=O) groups excluding carboxylic acids is 1. The van der Waals surface area contributed by atoms with Crippen LogP contribution >= 0.6 is 0 Å². The van der Waals surface area contributed by atoms with E-state index in [9.17, 15) is 18.0 Å². The number of rotatable bonds is 6. The minimum atomic E-state index is -4.74. The number of carbonyl (C=O) groups is 1. The molecule has 2 aromatic heterocycles. The number of imidazole rings is 1. The number of nitrogens with one attached hydrogen (secondary N) is 2. The molecular weight excluding hydrogens is 433 g/mol. The Morgan fingerprint density at radius 2 is 1.91 bits per heavy atom. The largest absolute Gasteiger partial charge is 0.573 e. The zero-order chi connectivity index (χ0) is 23.6. The molecule has 0 saturated heterocycles. The SMILES string of the molecule is Cc1cc(C(=O)NCC2CCC(c3nccn3C)CC2)c(-c2ccc(OC(F)(F)F)cc2)[nH]1. The first-order valence-corrected chi connectivity index (χ1v) is 11.0. The van der Waals surface area contributed by atoms with E-state index >= 15 is 0 Å². The van der Waals surface area contributed by atoms with Crippen LogP contribution in [0.3, 0.4) is 0 Å². The Balaban J connectivity index is 1.36. The van der Waals surface area contributed by atoms with E-state index in [1.54, 1.807) is 6.07 Å². The van der Waals surface area contributed by atoms with E-state index in [4.69, 9.17) is 0 Å². The summed E-state index contributed by atoms with van der Waals surface area (Å²) < 4.78 is 43.2. The van der Waals surface area contributed by atoms with Gasteiger partial charge in [0.2, 0.25) is 0 Å². The molecule has 0 spiro atoms. The third-order valence-corrected chi connectivity index (χ3v) is 6.20. The summed E-state index contributed by atoms with van der Waals surface area (Å²) in [5.74, 6) is 1.49. The molecule has 4 rings (SSSR count). The maximum Gasteiger partial charge on any atom is 0.573 e. The highest BCUT2D eigenvalue weighted by Crippen LogP contribution is 2.35. The van der Waals surface area contributed by atoms with Gasteiger partial charge in [-0.3, -0.25) is 4.79 Å². The average Bonchev–Trinajstić information content (AvgIpc) is 3.37. The number of nitrogens with zero attached hydrogens (tertiary/aromatic N) is 2. The van der Waals surface area contributed by atoms with E-state index in [1.165, 1.54) is 24.3 Å². The molecule has 6 nitrogen and oxygen atoms in total. The minimum absolute atomic E-state index is 0.198. The summed E-state index contributed by atoms with van der Waals surface area (Å²) in [6, 6.07) is 7.23. The molecule has 1 fully saturated rings. The number of alkyl halides is 3. The highest BCUT2D eigenvalue weighted by molar-refractivity contribution is 6.00. The van der Waals surface area contributed by atoms with Crippen molar-refractivity contribution in [3.8, 4) is 17.0 Å². The topological polar surface area (TPSA) is 71.9 Å². The van der Waals surface area contributed by atoms with Crippen molar-refractivity contribution in [2.24, 2.45) is 13.0 Å². The van der Waals surface area contributed by atoms with Gasteiger partial charge in [-0.1, -0.05) is 0 Å². The van der Waals surface area contributed by atoms with Crippen LogP contribution in [0.15, 0.2) is 42.7 Å². The second-order valence-corrected chi connectivity index (χ2v) is 8.64. The fraction of sp³-hybridized carbons (Fsp3) is 0.417.